The van der Waals surface area contributed by atoms with Crippen LogP contribution in [-0.2, 0) is 4.74 Å². The molecule has 18 heavy (non-hydrogen) atoms. The highest BCUT2D eigenvalue weighted by molar-refractivity contribution is 5.03. The smallest absolute Gasteiger partial charge is 0.0637 e. The summed E-state index contributed by atoms with van der Waals surface area (Å²) < 4.78 is 5.82. The predicted molar refractivity (Wildman–Crippen MR) is 78.1 cm³/mol. The summed E-state index contributed by atoms with van der Waals surface area (Å²) in [5.41, 5.74) is 0.325. The van der Waals surface area contributed by atoms with Crippen molar-refractivity contribution in [2.24, 2.45) is 0 Å². The summed E-state index contributed by atoms with van der Waals surface area (Å²) in [5, 5.41) is 3.53. The fraction of sp³-hybridized carbons (Fsp3) is 1.00. The highest BCUT2D eigenvalue weighted by Crippen LogP contribution is 2.38. The third-order valence-electron chi connectivity index (χ3n) is 4.49. The predicted octanol–water partition coefficient (Wildman–Crippen LogP) is 2.66. The summed E-state index contributed by atoms with van der Waals surface area (Å²) in [6.07, 6.45) is 6.46. The van der Waals surface area contributed by atoms with Gasteiger partial charge in [-0.05, 0) is 39.4 Å². The number of hydrogen-bond acceptors (Lipinski definition) is 3. The molecule has 3 heteroatoms. The van der Waals surface area contributed by atoms with Gasteiger partial charge in [0.05, 0.1) is 6.61 Å². The molecular formula is C15H32N2O. The second-order valence-electron chi connectivity index (χ2n) is 5.40. The van der Waals surface area contributed by atoms with Crippen LogP contribution in [0.5, 0.6) is 0 Å². The zero-order valence-corrected chi connectivity index (χ0v) is 12.8. The van der Waals surface area contributed by atoms with Crippen LogP contribution < -0.4 is 5.32 Å². The zero-order chi connectivity index (χ0) is 13.4. The summed E-state index contributed by atoms with van der Waals surface area (Å²) in [6.45, 7) is 10.7. The molecule has 0 saturated heterocycles. The molecule has 1 N–H and O–H groups in total. The quantitative estimate of drug-likeness (QED) is 0.642. The SMILES string of the molecule is CCCOCC(NC)C1(N(CC)CC)CCCC1. The van der Waals surface area contributed by atoms with Crippen LogP contribution in [0.4, 0.5) is 0 Å². The highest BCUT2D eigenvalue weighted by atomic mass is 16.5. The molecule has 1 aliphatic rings. The first-order chi connectivity index (χ1) is 8.75. The second-order valence-corrected chi connectivity index (χ2v) is 5.40. The summed E-state index contributed by atoms with van der Waals surface area (Å²) in [6, 6.07) is 0.464. The third kappa shape index (κ3) is 3.46. The highest BCUT2D eigenvalue weighted by Gasteiger charge is 2.44. The van der Waals surface area contributed by atoms with Gasteiger partial charge >= 0.3 is 0 Å². The lowest BCUT2D eigenvalue weighted by Crippen LogP contribution is -2.61. The number of ether oxygens (including phenoxy) is 1. The largest absolute Gasteiger partial charge is 0.380 e. The number of rotatable bonds is 9. The monoisotopic (exact) mass is 256 g/mol. The third-order valence-corrected chi connectivity index (χ3v) is 4.49. The molecule has 0 radical (unpaired) electrons. The minimum Gasteiger partial charge on any atom is -0.380 e. The Morgan fingerprint density at radius 1 is 1.17 bits per heavy atom. The Morgan fingerprint density at radius 2 is 1.78 bits per heavy atom. The molecule has 0 aromatic rings. The molecule has 1 atom stereocenters. The van der Waals surface area contributed by atoms with Crippen molar-refractivity contribution < 1.29 is 4.74 Å². The van der Waals surface area contributed by atoms with Crippen molar-refractivity contribution >= 4 is 0 Å². The molecule has 1 rings (SSSR count). The Morgan fingerprint density at radius 3 is 2.22 bits per heavy atom. The average Bonchev–Trinajstić information content (AvgIpc) is 2.86. The minimum atomic E-state index is 0.325. The van der Waals surface area contributed by atoms with Crippen LogP contribution in [0.15, 0.2) is 0 Å². The molecule has 108 valence electrons. The van der Waals surface area contributed by atoms with Gasteiger partial charge in [0, 0.05) is 18.2 Å². The fourth-order valence-corrected chi connectivity index (χ4v) is 3.58. The van der Waals surface area contributed by atoms with Gasteiger partial charge in [0.2, 0.25) is 0 Å². The Balaban J connectivity index is 2.73. The molecular weight excluding hydrogens is 224 g/mol. The Bertz CT molecular complexity index is 211. The van der Waals surface area contributed by atoms with E-state index in [-0.39, 0.29) is 0 Å². The van der Waals surface area contributed by atoms with E-state index in [2.05, 4.69) is 38.0 Å². The van der Waals surface area contributed by atoms with Crippen LogP contribution in [0, 0.1) is 0 Å². The Hall–Kier alpha value is -0.120. The van der Waals surface area contributed by atoms with E-state index in [9.17, 15) is 0 Å². The van der Waals surface area contributed by atoms with Gasteiger partial charge in [0.1, 0.15) is 0 Å². The number of nitrogens with one attached hydrogen (secondary N) is 1. The molecule has 0 aliphatic heterocycles. The van der Waals surface area contributed by atoms with E-state index in [1.807, 2.05) is 0 Å². The number of likely N-dealkylation sites (N-methyl/N-ethyl adjacent to an activating group) is 2. The lowest BCUT2D eigenvalue weighted by Gasteiger charge is -2.46. The van der Waals surface area contributed by atoms with E-state index >= 15 is 0 Å². The molecule has 1 aliphatic carbocycles. The first-order valence-corrected chi connectivity index (χ1v) is 7.75. The van der Waals surface area contributed by atoms with Crippen LogP contribution in [0.25, 0.3) is 0 Å². The van der Waals surface area contributed by atoms with Crippen molar-refractivity contribution in [3.8, 4) is 0 Å². The number of nitrogens with zero attached hydrogens (tertiary/aromatic N) is 1. The zero-order valence-electron chi connectivity index (χ0n) is 12.8. The van der Waals surface area contributed by atoms with Gasteiger partial charge < -0.3 is 10.1 Å². The van der Waals surface area contributed by atoms with E-state index < -0.39 is 0 Å². The van der Waals surface area contributed by atoms with Crippen molar-refractivity contribution in [3.05, 3.63) is 0 Å². The van der Waals surface area contributed by atoms with Crippen molar-refractivity contribution in [2.75, 3.05) is 33.4 Å². The first kappa shape index (κ1) is 15.9. The molecule has 1 fully saturated rings. The fourth-order valence-electron chi connectivity index (χ4n) is 3.58. The van der Waals surface area contributed by atoms with Gasteiger partial charge in [-0.25, -0.2) is 0 Å². The molecule has 1 unspecified atom stereocenters. The van der Waals surface area contributed by atoms with E-state index in [4.69, 9.17) is 4.74 Å². The molecule has 0 heterocycles. The first-order valence-electron chi connectivity index (χ1n) is 7.75. The Kier molecular flexibility index (Phi) is 7.20. The summed E-state index contributed by atoms with van der Waals surface area (Å²) >= 11 is 0. The summed E-state index contributed by atoms with van der Waals surface area (Å²) in [4.78, 5) is 2.65. The molecule has 0 aromatic heterocycles. The minimum absolute atomic E-state index is 0.325. The van der Waals surface area contributed by atoms with Crippen molar-refractivity contribution in [2.45, 2.75) is 64.5 Å². The summed E-state index contributed by atoms with van der Waals surface area (Å²) in [5.74, 6) is 0. The van der Waals surface area contributed by atoms with Crippen molar-refractivity contribution in [1.82, 2.24) is 10.2 Å². The average molecular weight is 256 g/mol. The van der Waals surface area contributed by atoms with Crippen LogP contribution in [0.2, 0.25) is 0 Å². The molecule has 0 spiro atoms. The maximum Gasteiger partial charge on any atom is 0.0637 e. The maximum absolute atomic E-state index is 5.82. The van der Waals surface area contributed by atoms with Gasteiger partial charge in [-0.15, -0.1) is 0 Å². The lowest BCUT2D eigenvalue weighted by atomic mass is 9.86. The van der Waals surface area contributed by atoms with E-state index in [1.54, 1.807) is 0 Å². The van der Waals surface area contributed by atoms with Crippen molar-refractivity contribution in [3.63, 3.8) is 0 Å². The van der Waals surface area contributed by atoms with E-state index in [0.29, 0.717) is 11.6 Å². The van der Waals surface area contributed by atoms with Crippen LogP contribution in [-0.4, -0.2) is 49.8 Å². The van der Waals surface area contributed by atoms with E-state index in [0.717, 1.165) is 32.7 Å². The topological polar surface area (TPSA) is 24.5 Å². The van der Waals surface area contributed by atoms with Gasteiger partial charge in [0.15, 0.2) is 0 Å². The summed E-state index contributed by atoms with van der Waals surface area (Å²) in [7, 11) is 2.09. The van der Waals surface area contributed by atoms with Gasteiger partial charge in [-0.2, -0.15) is 0 Å². The molecule has 0 amide bonds. The molecule has 0 aromatic carbocycles. The van der Waals surface area contributed by atoms with Gasteiger partial charge in [-0.1, -0.05) is 33.6 Å². The number of hydrogen-bond donors (Lipinski definition) is 1. The van der Waals surface area contributed by atoms with Crippen LogP contribution in [0.3, 0.4) is 0 Å². The standard InChI is InChI=1S/C15H32N2O/c1-5-12-18-13-14(16-4)15(10-8-9-11-15)17(6-2)7-3/h14,16H,5-13H2,1-4H3. The van der Waals surface area contributed by atoms with Crippen LogP contribution >= 0.6 is 0 Å². The molecule has 1 saturated carbocycles. The normalized spacial score (nSPS) is 20.5. The Labute approximate surface area is 113 Å². The van der Waals surface area contributed by atoms with Crippen molar-refractivity contribution in [1.29, 1.82) is 0 Å². The maximum atomic E-state index is 5.82. The molecule has 3 nitrogen and oxygen atoms in total. The second kappa shape index (κ2) is 8.13. The van der Waals surface area contributed by atoms with Crippen LogP contribution in [0.1, 0.15) is 52.9 Å². The lowest BCUT2D eigenvalue weighted by molar-refractivity contribution is 0.0155. The molecule has 0 bridgehead atoms. The van der Waals surface area contributed by atoms with Gasteiger partial charge in [0.25, 0.3) is 0 Å². The van der Waals surface area contributed by atoms with Gasteiger partial charge in [-0.3, -0.25) is 4.90 Å². The van der Waals surface area contributed by atoms with E-state index in [1.165, 1.54) is 25.7 Å².